The standard InChI is InChI=1S/C26H28N2O2/c1-2-17-28-25(27-24-16-7-6-15-23(24)26(28)29)21-13-8-14-22(19-21)30-18-9-12-20-10-4-3-5-11-20/h3-8,10-11,13-16,19,25,27H,2,9,12,17-18H2,1H3. The first kappa shape index (κ1) is 20.0. The monoisotopic (exact) mass is 400 g/mol. The second kappa shape index (κ2) is 9.49. The molecule has 4 nitrogen and oxygen atoms in total. The van der Waals surface area contributed by atoms with Gasteiger partial charge in [0.2, 0.25) is 0 Å². The molecule has 1 N–H and O–H groups in total. The highest BCUT2D eigenvalue weighted by Gasteiger charge is 2.32. The number of ether oxygens (including phenoxy) is 1. The number of para-hydroxylation sites is 1. The topological polar surface area (TPSA) is 41.6 Å². The van der Waals surface area contributed by atoms with Crippen LogP contribution in [0.5, 0.6) is 5.75 Å². The Labute approximate surface area is 178 Å². The first-order chi connectivity index (χ1) is 14.8. The SMILES string of the molecule is CCCN1C(=O)c2ccccc2NC1c1cccc(OCCCc2ccccc2)c1. The predicted octanol–water partition coefficient (Wildman–Crippen LogP) is 5.67. The van der Waals surface area contributed by atoms with E-state index < -0.39 is 0 Å². The summed E-state index contributed by atoms with van der Waals surface area (Å²) in [6.07, 6.45) is 2.67. The van der Waals surface area contributed by atoms with Gasteiger partial charge in [0, 0.05) is 12.2 Å². The summed E-state index contributed by atoms with van der Waals surface area (Å²) >= 11 is 0. The molecular weight excluding hydrogens is 372 g/mol. The summed E-state index contributed by atoms with van der Waals surface area (Å²) in [5.74, 6) is 0.913. The molecule has 0 aliphatic carbocycles. The van der Waals surface area contributed by atoms with Crippen molar-refractivity contribution >= 4 is 11.6 Å². The molecule has 0 radical (unpaired) electrons. The van der Waals surface area contributed by atoms with Gasteiger partial charge in [0.15, 0.2) is 0 Å². The van der Waals surface area contributed by atoms with Crippen LogP contribution < -0.4 is 10.1 Å². The van der Waals surface area contributed by atoms with Gasteiger partial charge in [-0.1, -0.05) is 61.5 Å². The van der Waals surface area contributed by atoms with Crippen molar-refractivity contribution in [1.29, 1.82) is 0 Å². The van der Waals surface area contributed by atoms with E-state index in [0.29, 0.717) is 13.2 Å². The van der Waals surface area contributed by atoms with Crippen molar-refractivity contribution in [1.82, 2.24) is 4.90 Å². The first-order valence-corrected chi connectivity index (χ1v) is 10.7. The lowest BCUT2D eigenvalue weighted by molar-refractivity contribution is 0.0683. The highest BCUT2D eigenvalue weighted by Crippen LogP contribution is 2.34. The number of amides is 1. The number of carbonyl (C=O) groups is 1. The zero-order valence-corrected chi connectivity index (χ0v) is 17.4. The van der Waals surface area contributed by atoms with Gasteiger partial charge in [0.1, 0.15) is 11.9 Å². The molecule has 1 aliphatic heterocycles. The van der Waals surface area contributed by atoms with Gasteiger partial charge < -0.3 is 15.0 Å². The molecule has 154 valence electrons. The van der Waals surface area contributed by atoms with Crippen LogP contribution in [0.2, 0.25) is 0 Å². The summed E-state index contributed by atoms with van der Waals surface area (Å²) in [7, 11) is 0. The molecule has 0 aromatic heterocycles. The molecule has 0 saturated heterocycles. The molecule has 4 heteroatoms. The Hall–Kier alpha value is -3.27. The number of nitrogens with zero attached hydrogens (tertiary/aromatic N) is 1. The number of hydrogen-bond donors (Lipinski definition) is 1. The van der Waals surface area contributed by atoms with Gasteiger partial charge in [-0.05, 0) is 54.7 Å². The van der Waals surface area contributed by atoms with Crippen molar-refractivity contribution in [2.24, 2.45) is 0 Å². The maximum absolute atomic E-state index is 13.1. The number of anilines is 1. The molecule has 3 aromatic carbocycles. The molecule has 1 atom stereocenters. The number of carbonyl (C=O) groups excluding carboxylic acids is 1. The molecule has 30 heavy (non-hydrogen) atoms. The van der Waals surface area contributed by atoms with E-state index in [1.165, 1.54) is 5.56 Å². The molecule has 0 fully saturated rings. The fourth-order valence-corrected chi connectivity index (χ4v) is 3.91. The number of aryl methyl sites for hydroxylation is 1. The van der Waals surface area contributed by atoms with Gasteiger partial charge in [-0.15, -0.1) is 0 Å². The lowest BCUT2D eigenvalue weighted by atomic mass is 10.0. The Balaban J connectivity index is 1.46. The summed E-state index contributed by atoms with van der Waals surface area (Å²) < 4.78 is 6.02. The van der Waals surface area contributed by atoms with Crippen LogP contribution in [0.3, 0.4) is 0 Å². The van der Waals surface area contributed by atoms with Crippen LogP contribution in [-0.2, 0) is 6.42 Å². The minimum atomic E-state index is -0.194. The maximum atomic E-state index is 13.1. The average molecular weight is 401 g/mol. The Morgan fingerprint density at radius 3 is 2.60 bits per heavy atom. The minimum Gasteiger partial charge on any atom is -0.494 e. The van der Waals surface area contributed by atoms with Crippen LogP contribution in [0, 0.1) is 0 Å². The average Bonchev–Trinajstić information content (AvgIpc) is 2.79. The number of fused-ring (bicyclic) bond motifs is 1. The summed E-state index contributed by atoms with van der Waals surface area (Å²) in [5.41, 5.74) is 3.98. The third-order valence-electron chi connectivity index (χ3n) is 5.38. The lowest BCUT2D eigenvalue weighted by Crippen LogP contribution is -2.43. The van der Waals surface area contributed by atoms with Crippen molar-refractivity contribution in [3.05, 3.63) is 95.6 Å². The maximum Gasteiger partial charge on any atom is 0.257 e. The minimum absolute atomic E-state index is 0.0744. The summed E-state index contributed by atoms with van der Waals surface area (Å²) in [4.78, 5) is 15.0. The van der Waals surface area contributed by atoms with Crippen molar-refractivity contribution in [2.75, 3.05) is 18.5 Å². The number of benzene rings is 3. The highest BCUT2D eigenvalue weighted by molar-refractivity contribution is 6.01. The Morgan fingerprint density at radius 2 is 1.77 bits per heavy atom. The van der Waals surface area contributed by atoms with E-state index in [1.54, 1.807) is 0 Å². The highest BCUT2D eigenvalue weighted by atomic mass is 16.5. The molecule has 0 bridgehead atoms. The Morgan fingerprint density at radius 1 is 0.967 bits per heavy atom. The normalized spacial score (nSPS) is 15.4. The molecule has 0 saturated carbocycles. The molecule has 1 aliphatic rings. The van der Waals surface area contributed by atoms with E-state index >= 15 is 0 Å². The molecule has 1 unspecified atom stereocenters. The van der Waals surface area contributed by atoms with Gasteiger partial charge in [-0.25, -0.2) is 0 Å². The second-order valence-corrected chi connectivity index (χ2v) is 7.60. The third kappa shape index (κ3) is 4.48. The van der Waals surface area contributed by atoms with Gasteiger partial charge in [0.05, 0.1) is 12.2 Å². The number of rotatable bonds is 8. The van der Waals surface area contributed by atoms with E-state index in [0.717, 1.165) is 41.8 Å². The van der Waals surface area contributed by atoms with Gasteiger partial charge in [-0.3, -0.25) is 4.79 Å². The lowest BCUT2D eigenvalue weighted by Gasteiger charge is -2.38. The first-order valence-electron chi connectivity index (χ1n) is 10.7. The Bertz CT molecular complexity index is 987. The zero-order chi connectivity index (χ0) is 20.8. The van der Waals surface area contributed by atoms with Crippen molar-refractivity contribution in [2.45, 2.75) is 32.4 Å². The van der Waals surface area contributed by atoms with E-state index in [4.69, 9.17) is 4.74 Å². The van der Waals surface area contributed by atoms with E-state index in [2.05, 4.69) is 42.6 Å². The predicted molar refractivity (Wildman–Crippen MR) is 121 cm³/mol. The van der Waals surface area contributed by atoms with Crippen LogP contribution >= 0.6 is 0 Å². The van der Waals surface area contributed by atoms with Crippen LogP contribution in [0.25, 0.3) is 0 Å². The van der Waals surface area contributed by atoms with E-state index in [9.17, 15) is 4.79 Å². The van der Waals surface area contributed by atoms with Gasteiger partial charge in [0.25, 0.3) is 5.91 Å². The smallest absolute Gasteiger partial charge is 0.257 e. The van der Waals surface area contributed by atoms with E-state index in [-0.39, 0.29) is 12.1 Å². The van der Waals surface area contributed by atoms with Crippen LogP contribution in [0.15, 0.2) is 78.9 Å². The fraction of sp³-hybridized carbons (Fsp3) is 0.269. The molecule has 4 rings (SSSR count). The quantitative estimate of drug-likeness (QED) is 0.495. The van der Waals surface area contributed by atoms with Gasteiger partial charge in [-0.2, -0.15) is 0 Å². The van der Waals surface area contributed by atoms with E-state index in [1.807, 2.05) is 53.4 Å². The summed E-state index contributed by atoms with van der Waals surface area (Å²) in [6.45, 7) is 3.46. The number of nitrogens with one attached hydrogen (secondary N) is 1. The van der Waals surface area contributed by atoms with Gasteiger partial charge >= 0.3 is 0 Å². The molecule has 3 aromatic rings. The largest absolute Gasteiger partial charge is 0.494 e. The zero-order valence-electron chi connectivity index (χ0n) is 17.4. The molecule has 1 heterocycles. The van der Waals surface area contributed by atoms with Crippen molar-refractivity contribution in [3.63, 3.8) is 0 Å². The van der Waals surface area contributed by atoms with Crippen LogP contribution in [-0.4, -0.2) is 24.0 Å². The molecular formula is C26H28N2O2. The third-order valence-corrected chi connectivity index (χ3v) is 5.38. The second-order valence-electron chi connectivity index (χ2n) is 7.60. The molecule has 1 amide bonds. The van der Waals surface area contributed by atoms with Crippen molar-refractivity contribution < 1.29 is 9.53 Å². The summed E-state index contributed by atoms with van der Waals surface area (Å²) in [5, 5.41) is 3.54. The molecule has 0 spiro atoms. The van der Waals surface area contributed by atoms with Crippen molar-refractivity contribution in [3.8, 4) is 5.75 Å². The van der Waals surface area contributed by atoms with Crippen LogP contribution in [0.4, 0.5) is 5.69 Å². The Kier molecular flexibility index (Phi) is 6.33. The fourth-order valence-electron chi connectivity index (χ4n) is 3.91. The van der Waals surface area contributed by atoms with Crippen LogP contribution in [0.1, 0.15) is 47.4 Å². The summed E-state index contributed by atoms with van der Waals surface area (Å²) in [6, 6.07) is 26.3. The number of hydrogen-bond acceptors (Lipinski definition) is 3.